The molecule has 2 aromatic rings. The van der Waals surface area contributed by atoms with Crippen LogP contribution in [0.15, 0.2) is 29.4 Å². The van der Waals surface area contributed by atoms with E-state index in [-0.39, 0.29) is 5.16 Å². The highest BCUT2D eigenvalue weighted by atomic mass is 35.7. The molecule has 0 unspecified atom stereocenters. The number of aromatic nitrogens is 3. The van der Waals surface area contributed by atoms with Crippen LogP contribution in [0, 0.1) is 0 Å². The standard InChI is InChI=1S/C12H13Cl2N3O2S/c1-2-7-17-11(15-16-12(17)20(14,18)19)8-9-3-5-10(13)6-4-9/h3-6H,2,7-8H2,1H3. The van der Waals surface area contributed by atoms with Gasteiger partial charge in [-0.25, -0.2) is 8.42 Å². The zero-order valence-corrected chi connectivity index (χ0v) is 13.1. The van der Waals surface area contributed by atoms with Crippen LogP contribution in [0.1, 0.15) is 24.7 Å². The van der Waals surface area contributed by atoms with Crippen molar-refractivity contribution in [3.8, 4) is 0 Å². The summed E-state index contributed by atoms with van der Waals surface area (Å²) >= 11 is 5.83. The summed E-state index contributed by atoms with van der Waals surface area (Å²) in [6.07, 6.45) is 1.22. The molecular formula is C12H13Cl2N3O2S. The Hall–Kier alpha value is -1.11. The Morgan fingerprint density at radius 1 is 1.20 bits per heavy atom. The molecule has 0 aliphatic heterocycles. The minimum atomic E-state index is -3.89. The van der Waals surface area contributed by atoms with Crippen molar-refractivity contribution in [3.63, 3.8) is 0 Å². The van der Waals surface area contributed by atoms with Gasteiger partial charge in [-0.15, -0.1) is 10.2 Å². The minimum absolute atomic E-state index is 0.204. The van der Waals surface area contributed by atoms with Crippen LogP contribution in [0.25, 0.3) is 0 Å². The van der Waals surface area contributed by atoms with Gasteiger partial charge < -0.3 is 4.57 Å². The highest BCUT2D eigenvalue weighted by molar-refractivity contribution is 8.13. The van der Waals surface area contributed by atoms with Crippen LogP contribution in [-0.4, -0.2) is 23.2 Å². The maximum atomic E-state index is 11.5. The highest BCUT2D eigenvalue weighted by Gasteiger charge is 2.22. The summed E-state index contributed by atoms with van der Waals surface area (Å²) in [6.45, 7) is 2.44. The Bertz CT molecular complexity index is 696. The molecule has 0 bridgehead atoms. The molecule has 0 spiro atoms. The summed E-state index contributed by atoms with van der Waals surface area (Å²) in [5, 5.41) is 8.06. The molecule has 0 radical (unpaired) electrons. The fourth-order valence-corrected chi connectivity index (χ4v) is 2.93. The number of hydrogen-bond acceptors (Lipinski definition) is 4. The molecule has 0 saturated heterocycles. The van der Waals surface area contributed by atoms with E-state index in [9.17, 15) is 8.42 Å². The Morgan fingerprint density at radius 2 is 1.85 bits per heavy atom. The first kappa shape index (κ1) is 15.3. The van der Waals surface area contributed by atoms with E-state index in [0.717, 1.165) is 12.0 Å². The van der Waals surface area contributed by atoms with Gasteiger partial charge in [-0.3, -0.25) is 0 Å². The monoisotopic (exact) mass is 333 g/mol. The van der Waals surface area contributed by atoms with Crippen LogP contribution in [0.2, 0.25) is 5.02 Å². The van der Waals surface area contributed by atoms with E-state index in [1.165, 1.54) is 4.57 Å². The fourth-order valence-electron chi connectivity index (χ4n) is 1.86. The van der Waals surface area contributed by atoms with E-state index >= 15 is 0 Å². The number of halogens is 2. The zero-order chi connectivity index (χ0) is 14.8. The lowest BCUT2D eigenvalue weighted by atomic mass is 10.1. The second-order valence-corrected chi connectivity index (χ2v) is 7.19. The van der Waals surface area contributed by atoms with Crippen molar-refractivity contribution < 1.29 is 8.42 Å². The lowest BCUT2D eigenvalue weighted by Crippen LogP contribution is -2.10. The average Bonchev–Trinajstić information content (AvgIpc) is 2.76. The van der Waals surface area contributed by atoms with E-state index < -0.39 is 9.05 Å². The smallest absolute Gasteiger partial charge is 0.296 e. The second kappa shape index (κ2) is 6.11. The maximum absolute atomic E-state index is 11.5. The van der Waals surface area contributed by atoms with Crippen molar-refractivity contribution in [2.24, 2.45) is 0 Å². The van der Waals surface area contributed by atoms with Gasteiger partial charge in [0.15, 0.2) is 0 Å². The van der Waals surface area contributed by atoms with Gasteiger partial charge >= 0.3 is 0 Å². The predicted molar refractivity (Wildman–Crippen MR) is 77.6 cm³/mol. The molecule has 1 aromatic heterocycles. The van der Waals surface area contributed by atoms with Crippen molar-refractivity contribution in [1.29, 1.82) is 0 Å². The summed E-state index contributed by atoms with van der Waals surface area (Å²) in [5.74, 6) is 0.563. The van der Waals surface area contributed by atoms with Crippen LogP contribution in [0.4, 0.5) is 0 Å². The second-order valence-electron chi connectivity index (χ2n) is 4.29. The molecule has 8 heteroatoms. The third-order valence-corrected chi connectivity index (χ3v) is 4.14. The normalized spacial score (nSPS) is 11.8. The van der Waals surface area contributed by atoms with E-state index in [4.69, 9.17) is 22.3 Å². The van der Waals surface area contributed by atoms with Crippen molar-refractivity contribution in [1.82, 2.24) is 14.8 Å². The molecule has 1 heterocycles. The predicted octanol–water partition coefficient (Wildman–Crippen LogP) is 2.86. The van der Waals surface area contributed by atoms with Crippen LogP contribution in [0.5, 0.6) is 0 Å². The first-order chi connectivity index (χ1) is 9.41. The molecule has 0 aliphatic rings. The zero-order valence-electron chi connectivity index (χ0n) is 10.8. The number of benzene rings is 1. The van der Waals surface area contributed by atoms with E-state index in [1.807, 2.05) is 19.1 Å². The number of nitrogens with zero attached hydrogens (tertiary/aromatic N) is 3. The Morgan fingerprint density at radius 3 is 2.40 bits per heavy atom. The largest absolute Gasteiger partial charge is 0.301 e. The van der Waals surface area contributed by atoms with Crippen LogP contribution in [0.3, 0.4) is 0 Å². The highest BCUT2D eigenvalue weighted by Crippen LogP contribution is 2.18. The molecule has 5 nitrogen and oxygen atoms in total. The van der Waals surface area contributed by atoms with Gasteiger partial charge in [0, 0.05) is 28.7 Å². The molecule has 0 fully saturated rings. The van der Waals surface area contributed by atoms with Crippen molar-refractivity contribution in [2.45, 2.75) is 31.5 Å². The van der Waals surface area contributed by atoms with E-state index in [0.29, 0.717) is 23.8 Å². The van der Waals surface area contributed by atoms with Gasteiger partial charge in [0.2, 0.25) is 0 Å². The quantitative estimate of drug-likeness (QED) is 0.789. The van der Waals surface area contributed by atoms with Gasteiger partial charge in [0.05, 0.1) is 0 Å². The topological polar surface area (TPSA) is 64.8 Å². The SMILES string of the molecule is CCCn1c(Cc2ccc(Cl)cc2)nnc1S(=O)(=O)Cl. The van der Waals surface area contributed by atoms with E-state index in [1.54, 1.807) is 12.1 Å². The lowest BCUT2D eigenvalue weighted by Gasteiger charge is -2.07. The van der Waals surface area contributed by atoms with Crippen molar-refractivity contribution in [2.75, 3.05) is 0 Å². The molecule has 0 saturated carbocycles. The first-order valence-corrected chi connectivity index (χ1v) is 8.71. The van der Waals surface area contributed by atoms with Crippen LogP contribution >= 0.6 is 22.3 Å². The average molecular weight is 334 g/mol. The van der Waals surface area contributed by atoms with Gasteiger partial charge in [-0.05, 0) is 24.1 Å². The van der Waals surface area contributed by atoms with Crippen molar-refractivity contribution in [3.05, 3.63) is 40.7 Å². The summed E-state index contributed by atoms with van der Waals surface area (Å²) < 4.78 is 24.5. The third kappa shape index (κ3) is 3.50. The number of hydrogen-bond donors (Lipinski definition) is 0. The lowest BCUT2D eigenvalue weighted by molar-refractivity contribution is 0.558. The Balaban J connectivity index is 2.37. The van der Waals surface area contributed by atoms with E-state index in [2.05, 4.69) is 10.2 Å². The van der Waals surface area contributed by atoms with Gasteiger partial charge in [0.1, 0.15) is 5.82 Å². The summed E-state index contributed by atoms with van der Waals surface area (Å²) in [5.41, 5.74) is 0.970. The fraction of sp³-hybridized carbons (Fsp3) is 0.333. The molecule has 2 rings (SSSR count). The molecule has 0 atom stereocenters. The van der Waals surface area contributed by atoms with Crippen LogP contribution in [-0.2, 0) is 22.0 Å². The molecule has 0 N–H and O–H groups in total. The van der Waals surface area contributed by atoms with Gasteiger partial charge in [0.25, 0.3) is 14.2 Å². The summed E-state index contributed by atoms with van der Waals surface area (Å²) in [7, 11) is 1.47. The first-order valence-electron chi connectivity index (χ1n) is 6.03. The van der Waals surface area contributed by atoms with Crippen molar-refractivity contribution >= 4 is 31.3 Å². The van der Waals surface area contributed by atoms with Gasteiger partial charge in [-0.1, -0.05) is 30.7 Å². The number of rotatable bonds is 5. The molecule has 0 amide bonds. The third-order valence-electron chi connectivity index (χ3n) is 2.73. The molecule has 0 aliphatic carbocycles. The Labute approximate surface area is 127 Å². The molecule has 20 heavy (non-hydrogen) atoms. The minimum Gasteiger partial charge on any atom is -0.301 e. The summed E-state index contributed by atoms with van der Waals surface area (Å²) in [6, 6.07) is 7.28. The maximum Gasteiger partial charge on any atom is 0.296 e. The van der Waals surface area contributed by atoms with Crippen LogP contribution < -0.4 is 0 Å². The van der Waals surface area contributed by atoms with Gasteiger partial charge in [-0.2, -0.15) is 0 Å². The Kier molecular flexibility index (Phi) is 4.67. The molecule has 1 aromatic carbocycles. The summed E-state index contributed by atoms with van der Waals surface area (Å²) in [4.78, 5) is 0. The molecule has 108 valence electrons. The molecular weight excluding hydrogens is 321 g/mol.